The first-order chi connectivity index (χ1) is 12.7. The van der Waals surface area contributed by atoms with Crippen LogP contribution in [0.4, 0.5) is 0 Å². The van der Waals surface area contributed by atoms with Gasteiger partial charge in [0, 0.05) is 12.8 Å². The number of amides is 1. The number of fused-ring (bicyclic) bond motifs is 1. The van der Waals surface area contributed by atoms with Gasteiger partial charge in [0.2, 0.25) is 5.91 Å². The smallest absolute Gasteiger partial charge is 0.332 e. The fourth-order valence-corrected chi connectivity index (χ4v) is 3.96. The van der Waals surface area contributed by atoms with E-state index >= 15 is 0 Å². The predicted octanol–water partition coefficient (Wildman–Crippen LogP) is -1.04. The molecule has 148 valence electrons. The Hall–Kier alpha value is -2.04. The topological polar surface area (TPSA) is 146 Å². The second-order valence-corrected chi connectivity index (χ2v) is 6.98. The molecule has 3 rings (SSSR count). The summed E-state index contributed by atoms with van der Waals surface area (Å²) in [4.78, 5) is 22.8. The molecule has 0 radical (unpaired) electrons. The minimum absolute atomic E-state index is 0.516. The zero-order valence-corrected chi connectivity index (χ0v) is 14.9. The van der Waals surface area contributed by atoms with Crippen LogP contribution in [0.25, 0.3) is 0 Å². The zero-order valence-electron chi connectivity index (χ0n) is 14.9. The number of aliphatic carboxylic acids is 1. The highest BCUT2D eigenvalue weighted by Crippen LogP contribution is 2.54. The summed E-state index contributed by atoms with van der Waals surface area (Å²) in [6.07, 6.45) is -6.58. The van der Waals surface area contributed by atoms with Crippen molar-refractivity contribution >= 4 is 11.9 Å². The number of carbonyl (C=O) groups excluding carboxylic acids is 1. The average Bonchev–Trinajstić information content (AvgIpc) is 2.61. The van der Waals surface area contributed by atoms with E-state index in [1.807, 2.05) is 0 Å². The molecule has 0 spiro atoms. The van der Waals surface area contributed by atoms with Gasteiger partial charge in [-0.25, -0.2) is 4.79 Å². The largest absolute Gasteiger partial charge is 0.479 e. The molecule has 2 fully saturated rings. The monoisotopic (exact) mass is 381 g/mol. The van der Waals surface area contributed by atoms with Gasteiger partial charge < -0.3 is 35.2 Å². The number of carboxylic acids is 1. The molecule has 0 bridgehead atoms. The Kier molecular flexibility index (Phi) is 5.24. The summed E-state index contributed by atoms with van der Waals surface area (Å²) in [6.45, 7) is 2.49. The Balaban J connectivity index is 2.01. The molecule has 5 N–H and O–H groups in total. The number of ether oxygens (including phenoxy) is 2. The lowest BCUT2D eigenvalue weighted by Gasteiger charge is -2.63. The van der Waals surface area contributed by atoms with Crippen LogP contribution in [-0.2, 0) is 19.1 Å². The van der Waals surface area contributed by atoms with Gasteiger partial charge in [-0.15, -0.1) is 0 Å². The number of hydrogen-bond donors (Lipinski definition) is 5. The van der Waals surface area contributed by atoms with E-state index in [1.165, 1.54) is 13.8 Å². The minimum Gasteiger partial charge on any atom is -0.479 e. The normalized spacial score (nSPS) is 39.0. The van der Waals surface area contributed by atoms with Crippen molar-refractivity contribution in [3.05, 3.63) is 35.9 Å². The first-order valence-corrected chi connectivity index (χ1v) is 8.62. The highest BCUT2D eigenvalue weighted by molar-refractivity contribution is 5.73. The Morgan fingerprint density at radius 1 is 1.26 bits per heavy atom. The summed E-state index contributed by atoms with van der Waals surface area (Å²) in [5.41, 5.74) is -1.25. The van der Waals surface area contributed by atoms with Gasteiger partial charge >= 0.3 is 5.97 Å². The summed E-state index contributed by atoms with van der Waals surface area (Å²) in [5.74, 6) is -2.63. The number of carbonyl (C=O) groups is 2. The van der Waals surface area contributed by atoms with Crippen molar-refractivity contribution in [1.29, 1.82) is 0 Å². The van der Waals surface area contributed by atoms with Crippen LogP contribution < -0.4 is 5.32 Å². The van der Waals surface area contributed by atoms with Gasteiger partial charge in [-0.2, -0.15) is 0 Å². The van der Waals surface area contributed by atoms with Crippen molar-refractivity contribution in [2.24, 2.45) is 0 Å². The first-order valence-electron chi connectivity index (χ1n) is 8.62. The maximum absolute atomic E-state index is 11.6. The van der Waals surface area contributed by atoms with E-state index in [1.54, 1.807) is 30.3 Å². The van der Waals surface area contributed by atoms with Crippen LogP contribution in [0.1, 0.15) is 25.3 Å². The molecule has 1 saturated carbocycles. The molecule has 1 heterocycles. The third-order valence-corrected chi connectivity index (χ3v) is 5.21. The van der Waals surface area contributed by atoms with E-state index in [0.717, 1.165) is 0 Å². The highest BCUT2D eigenvalue weighted by Gasteiger charge is 2.72. The highest BCUT2D eigenvalue weighted by atomic mass is 16.6. The van der Waals surface area contributed by atoms with E-state index < -0.39 is 60.1 Å². The molecular weight excluding hydrogens is 358 g/mol. The number of benzene rings is 1. The molecule has 3 unspecified atom stereocenters. The fraction of sp³-hybridized carbons (Fsp3) is 0.556. The SMILES string of the molecule is CC(=O)N[C@@H]1[C@@H](OC(C)C(=O)O)[C@@]2(O)C(c3ccccc3)C(O)[C@H]2O[C@@H]1O. The lowest BCUT2D eigenvalue weighted by Crippen LogP contribution is -2.82. The summed E-state index contributed by atoms with van der Waals surface area (Å²) < 4.78 is 10.9. The van der Waals surface area contributed by atoms with Crippen molar-refractivity contribution < 1.29 is 39.5 Å². The Labute approximate surface area is 155 Å². The number of carboxylic acid groups (broad SMARTS) is 1. The fourth-order valence-electron chi connectivity index (χ4n) is 3.96. The van der Waals surface area contributed by atoms with Crippen LogP contribution in [-0.4, -0.2) is 74.7 Å². The number of hydrogen-bond acceptors (Lipinski definition) is 7. The standard InChI is InChI=1S/C18H23NO8/c1-8(16(22)23)26-14-12(19-9(2)20)17(24)27-15-13(21)11(18(14,15)25)10-6-4-3-5-7-10/h3-8,11-15,17,21,24-25H,1-2H3,(H,19,20)(H,22,23)/t8?,11?,12-,13?,14-,15-,17+,18+/m1/s1. The van der Waals surface area contributed by atoms with Gasteiger partial charge in [0.05, 0.1) is 6.10 Å². The van der Waals surface area contributed by atoms with Crippen molar-refractivity contribution in [2.45, 2.75) is 62.1 Å². The van der Waals surface area contributed by atoms with E-state index in [-0.39, 0.29) is 0 Å². The summed E-state index contributed by atoms with van der Waals surface area (Å²) in [5, 5.41) is 43.9. The molecule has 2 aliphatic rings. The molecule has 1 aromatic carbocycles. The van der Waals surface area contributed by atoms with Crippen LogP contribution in [0.2, 0.25) is 0 Å². The molecule has 1 amide bonds. The van der Waals surface area contributed by atoms with Gasteiger partial charge in [-0.05, 0) is 12.5 Å². The van der Waals surface area contributed by atoms with Gasteiger partial charge in [-0.1, -0.05) is 30.3 Å². The Morgan fingerprint density at radius 2 is 1.89 bits per heavy atom. The summed E-state index contributed by atoms with van der Waals surface area (Å²) in [7, 11) is 0. The average molecular weight is 381 g/mol. The van der Waals surface area contributed by atoms with Crippen LogP contribution in [0.15, 0.2) is 30.3 Å². The van der Waals surface area contributed by atoms with Gasteiger partial charge in [0.25, 0.3) is 0 Å². The zero-order chi connectivity index (χ0) is 19.9. The molecular formula is C18H23NO8. The van der Waals surface area contributed by atoms with Gasteiger partial charge in [-0.3, -0.25) is 4.79 Å². The molecule has 1 saturated heterocycles. The number of aliphatic hydroxyl groups excluding tert-OH is 2. The molecule has 9 heteroatoms. The van der Waals surface area contributed by atoms with Crippen LogP contribution in [0.3, 0.4) is 0 Å². The quantitative estimate of drug-likeness (QED) is 0.435. The second-order valence-electron chi connectivity index (χ2n) is 6.98. The molecule has 1 aliphatic carbocycles. The molecule has 27 heavy (non-hydrogen) atoms. The van der Waals surface area contributed by atoms with E-state index in [2.05, 4.69) is 5.32 Å². The summed E-state index contributed by atoms with van der Waals surface area (Å²) in [6, 6.07) is 7.44. The predicted molar refractivity (Wildman–Crippen MR) is 90.6 cm³/mol. The molecule has 0 aromatic heterocycles. The van der Waals surface area contributed by atoms with Crippen LogP contribution in [0, 0.1) is 0 Å². The van der Waals surface area contributed by atoms with Crippen LogP contribution >= 0.6 is 0 Å². The van der Waals surface area contributed by atoms with E-state index in [4.69, 9.17) is 9.47 Å². The molecule has 1 aliphatic heterocycles. The van der Waals surface area contributed by atoms with Crippen molar-refractivity contribution in [3.8, 4) is 0 Å². The number of nitrogens with one attached hydrogen (secondary N) is 1. The van der Waals surface area contributed by atoms with Crippen molar-refractivity contribution in [2.75, 3.05) is 0 Å². The number of aliphatic hydroxyl groups is 3. The van der Waals surface area contributed by atoms with Crippen LogP contribution in [0.5, 0.6) is 0 Å². The lowest BCUT2D eigenvalue weighted by atomic mass is 9.56. The maximum atomic E-state index is 11.6. The first kappa shape index (κ1) is 19.7. The van der Waals surface area contributed by atoms with E-state index in [0.29, 0.717) is 5.56 Å². The Bertz CT molecular complexity index is 713. The summed E-state index contributed by atoms with van der Waals surface area (Å²) >= 11 is 0. The van der Waals surface area contributed by atoms with Gasteiger partial charge in [0.15, 0.2) is 12.4 Å². The third kappa shape index (κ3) is 3.21. The number of rotatable bonds is 5. The van der Waals surface area contributed by atoms with E-state index in [9.17, 15) is 30.0 Å². The molecule has 1 aromatic rings. The minimum atomic E-state index is -1.85. The lowest BCUT2D eigenvalue weighted by molar-refractivity contribution is -0.369. The van der Waals surface area contributed by atoms with Gasteiger partial charge in [0.1, 0.15) is 23.9 Å². The third-order valence-electron chi connectivity index (χ3n) is 5.21. The molecule has 8 atom stereocenters. The van der Waals surface area contributed by atoms with Crippen molar-refractivity contribution in [1.82, 2.24) is 5.32 Å². The Morgan fingerprint density at radius 3 is 2.44 bits per heavy atom. The maximum Gasteiger partial charge on any atom is 0.332 e. The molecule has 9 nitrogen and oxygen atoms in total. The van der Waals surface area contributed by atoms with Crippen molar-refractivity contribution in [3.63, 3.8) is 0 Å². The second kappa shape index (κ2) is 7.17.